The number of thiophene rings is 1. The second-order valence-electron chi connectivity index (χ2n) is 5.15. The first-order valence-corrected chi connectivity index (χ1v) is 9.51. The van der Waals surface area contributed by atoms with Crippen molar-refractivity contribution in [3.05, 3.63) is 46.7 Å². The van der Waals surface area contributed by atoms with Crippen molar-refractivity contribution in [2.45, 2.75) is 4.90 Å². The van der Waals surface area contributed by atoms with Gasteiger partial charge in [0.05, 0.1) is 12.8 Å². The fraction of sp³-hybridized carbons (Fsp3) is 0.0625. The summed E-state index contributed by atoms with van der Waals surface area (Å²) in [6, 6.07) is 9.17. The number of esters is 1. The number of anilines is 1. The molecule has 3 N–H and O–H groups in total. The van der Waals surface area contributed by atoms with Gasteiger partial charge in [0, 0.05) is 10.8 Å². The van der Waals surface area contributed by atoms with E-state index >= 15 is 0 Å². The van der Waals surface area contributed by atoms with Crippen LogP contribution < -0.4 is 35.3 Å². The van der Waals surface area contributed by atoms with Gasteiger partial charge in [0.15, 0.2) is 0 Å². The summed E-state index contributed by atoms with van der Waals surface area (Å²) in [7, 11) is -3.24. The molecule has 0 amide bonds. The van der Waals surface area contributed by atoms with E-state index in [-0.39, 0.29) is 63.2 Å². The molecule has 0 aliphatic heterocycles. The van der Waals surface area contributed by atoms with E-state index in [2.05, 4.69) is 15.0 Å². The Labute approximate surface area is 182 Å². The summed E-state index contributed by atoms with van der Waals surface area (Å²) >= 11 is 1.14. The van der Waals surface area contributed by atoms with Crippen molar-refractivity contribution in [3.8, 4) is 0 Å². The average molecular weight is 415 g/mol. The number of nitrogen functional groups attached to an aromatic ring is 1. The zero-order chi connectivity index (χ0) is 18.9. The van der Waals surface area contributed by atoms with Gasteiger partial charge in [0.25, 0.3) is 10.1 Å². The van der Waals surface area contributed by atoms with Crippen LogP contribution in [0.25, 0.3) is 10.8 Å². The largest absolute Gasteiger partial charge is 1.00 e. The van der Waals surface area contributed by atoms with Crippen LogP contribution in [0.5, 0.6) is 0 Å². The number of nitrogens with two attached hydrogens (primary N) is 1. The van der Waals surface area contributed by atoms with E-state index in [9.17, 15) is 17.8 Å². The van der Waals surface area contributed by atoms with Gasteiger partial charge in [0.1, 0.15) is 21.1 Å². The molecular formula is C16H14N3NaO5S2. The van der Waals surface area contributed by atoms with Crippen LogP contribution in [0.4, 0.5) is 17.1 Å². The van der Waals surface area contributed by atoms with Gasteiger partial charge in [-0.3, -0.25) is 4.55 Å². The Morgan fingerprint density at radius 3 is 2.44 bits per heavy atom. The van der Waals surface area contributed by atoms with Crippen LogP contribution in [-0.2, 0) is 14.9 Å². The third-order valence-corrected chi connectivity index (χ3v) is 5.36. The minimum atomic E-state index is -4.50. The maximum Gasteiger partial charge on any atom is 1.00 e. The minimum Gasteiger partial charge on any atom is -1.00 e. The summed E-state index contributed by atoms with van der Waals surface area (Å²) in [5.41, 5.74) is 6.60. The number of fused-ring (bicyclic) bond motifs is 1. The average Bonchev–Trinajstić information content (AvgIpc) is 3.08. The SMILES string of the molecule is COC(=O)c1sccc1N=Nc1cc(S(=O)(=O)O)c2ccccc2c1N.[H-].[Na+]. The molecule has 8 nitrogen and oxygen atoms in total. The molecule has 0 bridgehead atoms. The van der Waals surface area contributed by atoms with Crippen LogP contribution >= 0.6 is 11.3 Å². The van der Waals surface area contributed by atoms with Crippen molar-refractivity contribution in [3.63, 3.8) is 0 Å². The van der Waals surface area contributed by atoms with Crippen molar-refractivity contribution < 1.29 is 53.5 Å². The molecule has 1 aromatic heterocycles. The Hall–Kier alpha value is -1.82. The zero-order valence-electron chi connectivity index (χ0n) is 15.4. The predicted octanol–water partition coefficient (Wildman–Crippen LogP) is 1.05. The van der Waals surface area contributed by atoms with Crippen LogP contribution in [0.2, 0.25) is 0 Å². The Balaban J connectivity index is 0.00000196. The Kier molecular flexibility index (Phi) is 6.73. The summed E-state index contributed by atoms with van der Waals surface area (Å²) in [5.74, 6) is -0.556. The van der Waals surface area contributed by atoms with Gasteiger partial charge in [-0.2, -0.15) is 8.42 Å². The van der Waals surface area contributed by atoms with Crippen LogP contribution in [0.1, 0.15) is 11.1 Å². The summed E-state index contributed by atoms with van der Waals surface area (Å²) in [4.78, 5) is 11.6. The summed E-state index contributed by atoms with van der Waals surface area (Å²) in [5, 5.41) is 10.3. The number of hydrogen-bond donors (Lipinski definition) is 2. The number of azo groups is 1. The number of nitrogens with zero attached hydrogens (tertiary/aromatic N) is 2. The summed E-state index contributed by atoms with van der Waals surface area (Å²) < 4.78 is 37.6. The molecule has 27 heavy (non-hydrogen) atoms. The minimum absolute atomic E-state index is 0. The molecule has 0 saturated carbocycles. The fourth-order valence-corrected chi connectivity index (χ4v) is 3.84. The molecule has 0 spiro atoms. The molecule has 0 unspecified atom stereocenters. The molecule has 1 heterocycles. The fourth-order valence-electron chi connectivity index (χ4n) is 2.38. The van der Waals surface area contributed by atoms with Crippen molar-refractivity contribution in [1.82, 2.24) is 0 Å². The van der Waals surface area contributed by atoms with Gasteiger partial charge in [0.2, 0.25) is 0 Å². The maximum atomic E-state index is 11.7. The van der Waals surface area contributed by atoms with Crippen LogP contribution in [0, 0.1) is 0 Å². The second kappa shape index (κ2) is 8.46. The van der Waals surface area contributed by atoms with Crippen molar-refractivity contribution in [2.75, 3.05) is 12.8 Å². The topological polar surface area (TPSA) is 131 Å². The zero-order valence-corrected chi connectivity index (χ0v) is 18.0. The van der Waals surface area contributed by atoms with Crippen LogP contribution in [0.3, 0.4) is 0 Å². The second-order valence-corrected chi connectivity index (χ2v) is 7.46. The first-order valence-electron chi connectivity index (χ1n) is 7.19. The van der Waals surface area contributed by atoms with Gasteiger partial charge in [-0.1, -0.05) is 24.3 Å². The first kappa shape index (κ1) is 21.5. The normalized spacial score (nSPS) is 11.5. The number of methoxy groups -OCH3 is 1. The Morgan fingerprint density at radius 1 is 1.19 bits per heavy atom. The van der Waals surface area contributed by atoms with Gasteiger partial charge >= 0.3 is 35.5 Å². The van der Waals surface area contributed by atoms with E-state index in [0.29, 0.717) is 5.39 Å². The standard InChI is InChI=1S/C16H13N3O5S2.Na.H/c1-24-16(20)15-11(6-7-25-15)18-19-12-8-13(26(21,22)23)9-4-2-3-5-10(9)14(12)17;;/h2-8H,17H2,1H3,(H,21,22,23);;/q;+1;-1. The molecule has 0 saturated heterocycles. The Morgan fingerprint density at radius 2 is 1.81 bits per heavy atom. The molecule has 0 atom stereocenters. The van der Waals surface area contributed by atoms with E-state index in [1.165, 1.54) is 13.2 Å². The predicted molar refractivity (Wildman–Crippen MR) is 99.1 cm³/mol. The number of benzene rings is 2. The molecule has 3 aromatic rings. The van der Waals surface area contributed by atoms with E-state index in [1.807, 2.05) is 0 Å². The Bertz CT molecular complexity index is 1150. The van der Waals surface area contributed by atoms with Crippen LogP contribution in [0.15, 0.2) is 56.9 Å². The van der Waals surface area contributed by atoms with E-state index in [4.69, 9.17) is 5.73 Å². The molecule has 3 rings (SSSR count). The summed E-state index contributed by atoms with van der Waals surface area (Å²) in [6.45, 7) is 0. The number of hydrogen-bond acceptors (Lipinski definition) is 8. The van der Waals surface area contributed by atoms with E-state index in [1.54, 1.807) is 29.6 Å². The smallest absolute Gasteiger partial charge is 1.00 e. The quantitative estimate of drug-likeness (QED) is 0.215. The molecule has 11 heteroatoms. The maximum absolute atomic E-state index is 11.7. The van der Waals surface area contributed by atoms with Gasteiger partial charge in [-0.05, 0) is 17.5 Å². The summed E-state index contributed by atoms with van der Waals surface area (Å²) in [6.07, 6.45) is 0. The van der Waals surface area contributed by atoms with E-state index < -0.39 is 16.1 Å². The first-order chi connectivity index (χ1) is 12.3. The number of carbonyl (C=O) groups excluding carboxylic acids is 1. The van der Waals surface area contributed by atoms with E-state index in [0.717, 1.165) is 17.4 Å². The monoisotopic (exact) mass is 415 g/mol. The number of rotatable bonds is 4. The van der Waals surface area contributed by atoms with Crippen molar-refractivity contribution in [1.29, 1.82) is 0 Å². The number of ether oxygens (including phenoxy) is 1. The van der Waals surface area contributed by atoms with Crippen molar-refractivity contribution in [2.24, 2.45) is 10.2 Å². The molecule has 2 aromatic carbocycles. The number of carbonyl (C=O) groups is 1. The van der Waals surface area contributed by atoms with Gasteiger partial charge < -0.3 is 11.9 Å². The molecule has 0 fully saturated rings. The molecular weight excluding hydrogens is 401 g/mol. The third-order valence-electron chi connectivity index (χ3n) is 3.59. The van der Waals surface area contributed by atoms with Gasteiger partial charge in [-0.25, -0.2) is 4.79 Å². The van der Waals surface area contributed by atoms with Gasteiger partial charge in [-0.15, -0.1) is 21.6 Å². The molecule has 0 radical (unpaired) electrons. The molecule has 0 aliphatic carbocycles. The molecule has 136 valence electrons. The third kappa shape index (κ3) is 4.37. The van der Waals surface area contributed by atoms with Crippen molar-refractivity contribution >= 4 is 55.3 Å². The van der Waals surface area contributed by atoms with Crippen LogP contribution in [-0.4, -0.2) is 26.0 Å². The molecule has 0 aliphatic rings.